The van der Waals surface area contributed by atoms with E-state index in [4.69, 9.17) is 0 Å². The van der Waals surface area contributed by atoms with Gasteiger partial charge in [-0.15, -0.1) is 5.10 Å². The van der Waals surface area contributed by atoms with Crippen molar-refractivity contribution in [3.63, 3.8) is 0 Å². The van der Waals surface area contributed by atoms with Gasteiger partial charge in [0.25, 0.3) is 0 Å². The smallest absolute Gasteiger partial charge is 0.148 e. The molecule has 1 fully saturated rings. The molecule has 2 aromatic heterocycles. The summed E-state index contributed by atoms with van der Waals surface area (Å²) in [7, 11) is 3.87. The first-order valence-corrected chi connectivity index (χ1v) is 8.36. The van der Waals surface area contributed by atoms with E-state index in [0.717, 1.165) is 31.0 Å². The molecule has 1 atom stereocenters. The molecule has 1 aliphatic heterocycles. The first kappa shape index (κ1) is 15.9. The summed E-state index contributed by atoms with van der Waals surface area (Å²) in [4.78, 5) is 2.55. The van der Waals surface area contributed by atoms with Crippen LogP contribution < -0.4 is 5.32 Å². The molecule has 0 saturated carbocycles. The van der Waals surface area contributed by atoms with Crippen LogP contribution in [0.25, 0.3) is 0 Å². The van der Waals surface area contributed by atoms with E-state index in [1.165, 1.54) is 30.6 Å². The van der Waals surface area contributed by atoms with Gasteiger partial charge in [0.2, 0.25) is 0 Å². The second-order valence-corrected chi connectivity index (χ2v) is 6.49. The number of likely N-dealkylation sites (tertiary alicyclic amines) is 1. The lowest BCUT2D eigenvalue weighted by molar-refractivity contribution is 0.166. The monoisotopic (exact) mass is 314 g/mol. The van der Waals surface area contributed by atoms with Crippen molar-refractivity contribution in [3.8, 4) is 0 Å². The van der Waals surface area contributed by atoms with E-state index in [1.54, 1.807) is 0 Å². The topological polar surface area (TPSA) is 58.9 Å². The molecule has 0 bridgehead atoms. The lowest BCUT2D eigenvalue weighted by atomic mass is 9.93. The standard InChI is InChI=1S/C17H26N6/c1-13-15(10-19-22(13)3)12-23-8-4-5-14(11-23)9-16-6-7-17(18-2)21-20-16/h6-7,10,14H,4-5,8-9,11-12H2,1-3H3,(H,18,21)/t14-/m1/s1. The van der Waals surface area contributed by atoms with E-state index in [9.17, 15) is 0 Å². The van der Waals surface area contributed by atoms with Crippen LogP contribution >= 0.6 is 0 Å². The summed E-state index contributed by atoms with van der Waals surface area (Å²) >= 11 is 0. The molecule has 1 aliphatic rings. The minimum absolute atomic E-state index is 0.662. The minimum Gasteiger partial charge on any atom is -0.372 e. The van der Waals surface area contributed by atoms with Crippen LogP contribution in [-0.2, 0) is 20.0 Å². The van der Waals surface area contributed by atoms with E-state index in [1.807, 2.05) is 31.0 Å². The summed E-state index contributed by atoms with van der Waals surface area (Å²) in [6, 6.07) is 4.09. The molecule has 2 aromatic rings. The van der Waals surface area contributed by atoms with Gasteiger partial charge in [-0.2, -0.15) is 10.2 Å². The normalized spacial score (nSPS) is 19.0. The van der Waals surface area contributed by atoms with Crippen molar-refractivity contribution in [1.82, 2.24) is 24.9 Å². The molecule has 23 heavy (non-hydrogen) atoms. The van der Waals surface area contributed by atoms with Crippen LogP contribution in [0.2, 0.25) is 0 Å². The second-order valence-electron chi connectivity index (χ2n) is 6.49. The second kappa shape index (κ2) is 7.08. The summed E-state index contributed by atoms with van der Waals surface area (Å²) in [6.07, 6.45) is 5.55. The molecule has 0 unspecified atom stereocenters. The van der Waals surface area contributed by atoms with E-state index >= 15 is 0 Å². The number of hydrogen-bond donors (Lipinski definition) is 1. The van der Waals surface area contributed by atoms with Gasteiger partial charge < -0.3 is 5.32 Å². The fourth-order valence-corrected chi connectivity index (χ4v) is 3.30. The predicted octanol–water partition coefficient (Wildman–Crippen LogP) is 2.01. The first-order valence-electron chi connectivity index (χ1n) is 8.36. The lowest BCUT2D eigenvalue weighted by Crippen LogP contribution is -2.36. The molecule has 0 radical (unpaired) electrons. The Kier molecular flexibility index (Phi) is 4.91. The van der Waals surface area contributed by atoms with Gasteiger partial charge in [-0.1, -0.05) is 0 Å². The largest absolute Gasteiger partial charge is 0.372 e. The zero-order chi connectivity index (χ0) is 16.2. The van der Waals surface area contributed by atoms with Crippen molar-refractivity contribution in [3.05, 3.63) is 35.3 Å². The number of nitrogens with one attached hydrogen (secondary N) is 1. The Labute approximate surface area is 137 Å². The fourth-order valence-electron chi connectivity index (χ4n) is 3.30. The van der Waals surface area contributed by atoms with Crippen LogP contribution in [0.5, 0.6) is 0 Å². The predicted molar refractivity (Wildman–Crippen MR) is 91.2 cm³/mol. The number of aryl methyl sites for hydroxylation is 1. The maximum Gasteiger partial charge on any atom is 0.148 e. The Morgan fingerprint density at radius 2 is 2.17 bits per heavy atom. The Bertz CT molecular complexity index is 633. The SMILES string of the molecule is CNc1ccc(C[C@H]2CCCN(Cc3cnn(C)c3C)C2)nn1. The molecule has 0 spiro atoms. The maximum atomic E-state index is 4.35. The van der Waals surface area contributed by atoms with Gasteiger partial charge in [0.1, 0.15) is 5.82 Å². The number of piperidine rings is 1. The third-order valence-electron chi connectivity index (χ3n) is 4.81. The van der Waals surface area contributed by atoms with Gasteiger partial charge in [0, 0.05) is 38.4 Å². The van der Waals surface area contributed by atoms with E-state index in [-0.39, 0.29) is 0 Å². The van der Waals surface area contributed by atoms with Crippen molar-refractivity contribution in [2.75, 3.05) is 25.5 Å². The molecule has 3 heterocycles. The Hall–Kier alpha value is -1.95. The summed E-state index contributed by atoms with van der Waals surface area (Å²) in [5, 5.41) is 15.9. The fraction of sp³-hybridized carbons (Fsp3) is 0.588. The number of hydrogen-bond acceptors (Lipinski definition) is 5. The molecule has 1 N–H and O–H groups in total. The number of aromatic nitrogens is 4. The highest BCUT2D eigenvalue weighted by Crippen LogP contribution is 2.22. The van der Waals surface area contributed by atoms with Crippen LogP contribution in [0.3, 0.4) is 0 Å². The van der Waals surface area contributed by atoms with Gasteiger partial charge in [0.15, 0.2) is 0 Å². The van der Waals surface area contributed by atoms with Crippen molar-refractivity contribution in [2.45, 2.75) is 32.7 Å². The first-order chi connectivity index (χ1) is 11.2. The molecule has 3 rings (SSSR count). The zero-order valence-corrected chi connectivity index (χ0v) is 14.3. The third kappa shape index (κ3) is 3.88. The Balaban J connectivity index is 1.58. The zero-order valence-electron chi connectivity index (χ0n) is 14.3. The lowest BCUT2D eigenvalue weighted by Gasteiger charge is -2.32. The summed E-state index contributed by atoms with van der Waals surface area (Å²) in [5.41, 5.74) is 3.69. The molecule has 0 amide bonds. The number of nitrogens with zero attached hydrogens (tertiary/aromatic N) is 5. The van der Waals surface area contributed by atoms with Crippen LogP contribution in [0.15, 0.2) is 18.3 Å². The average molecular weight is 314 g/mol. The van der Waals surface area contributed by atoms with Crippen LogP contribution in [-0.4, -0.2) is 45.0 Å². The third-order valence-corrected chi connectivity index (χ3v) is 4.81. The molecule has 6 heteroatoms. The molecular formula is C17H26N6. The number of rotatable bonds is 5. The van der Waals surface area contributed by atoms with Gasteiger partial charge in [-0.25, -0.2) is 0 Å². The highest BCUT2D eigenvalue weighted by atomic mass is 15.3. The highest BCUT2D eigenvalue weighted by molar-refractivity contribution is 5.31. The maximum absolute atomic E-state index is 4.35. The van der Waals surface area contributed by atoms with E-state index in [2.05, 4.69) is 38.5 Å². The molecule has 0 aliphatic carbocycles. The van der Waals surface area contributed by atoms with Gasteiger partial charge in [-0.3, -0.25) is 9.58 Å². The van der Waals surface area contributed by atoms with Crippen LogP contribution in [0.4, 0.5) is 5.82 Å². The van der Waals surface area contributed by atoms with Crippen molar-refractivity contribution in [2.24, 2.45) is 13.0 Å². The average Bonchev–Trinajstić information content (AvgIpc) is 2.88. The van der Waals surface area contributed by atoms with E-state index < -0.39 is 0 Å². The minimum atomic E-state index is 0.662. The van der Waals surface area contributed by atoms with Crippen molar-refractivity contribution in [1.29, 1.82) is 0 Å². The van der Waals surface area contributed by atoms with E-state index in [0.29, 0.717) is 5.92 Å². The van der Waals surface area contributed by atoms with Gasteiger partial charge >= 0.3 is 0 Å². The quantitative estimate of drug-likeness (QED) is 0.915. The van der Waals surface area contributed by atoms with Gasteiger partial charge in [0.05, 0.1) is 11.9 Å². The molecular weight excluding hydrogens is 288 g/mol. The van der Waals surface area contributed by atoms with Crippen molar-refractivity contribution >= 4 is 5.82 Å². The Morgan fingerprint density at radius 1 is 1.30 bits per heavy atom. The van der Waals surface area contributed by atoms with Crippen LogP contribution in [0, 0.1) is 12.8 Å². The van der Waals surface area contributed by atoms with Crippen molar-refractivity contribution < 1.29 is 0 Å². The number of anilines is 1. The van der Waals surface area contributed by atoms with Crippen LogP contribution in [0.1, 0.15) is 29.8 Å². The molecule has 124 valence electrons. The summed E-state index contributed by atoms with van der Waals surface area (Å²) in [5.74, 6) is 1.49. The summed E-state index contributed by atoms with van der Waals surface area (Å²) < 4.78 is 1.95. The van der Waals surface area contributed by atoms with Gasteiger partial charge in [-0.05, 0) is 50.8 Å². The summed E-state index contributed by atoms with van der Waals surface area (Å²) in [6.45, 7) is 5.45. The molecule has 0 aromatic carbocycles. The molecule has 6 nitrogen and oxygen atoms in total. The highest BCUT2D eigenvalue weighted by Gasteiger charge is 2.21. The molecule has 1 saturated heterocycles. The Morgan fingerprint density at radius 3 is 2.83 bits per heavy atom.